The lowest BCUT2D eigenvalue weighted by Crippen LogP contribution is -1.98. The number of rotatable bonds is 5. The largest absolute Gasteiger partial charge is 0.270 e. The summed E-state index contributed by atoms with van der Waals surface area (Å²) in [6.07, 6.45) is 0. The van der Waals surface area contributed by atoms with Crippen LogP contribution in [0, 0.1) is 10.1 Å². The first kappa shape index (κ1) is 18.0. The maximum Gasteiger partial charge on any atom is 0.270 e. The Bertz CT molecular complexity index is 1310. The zero-order valence-electron chi connectivity index (χ0n) is 14.6. The van der Waals surface area contributed by atoms with E-state index >= 15 is 0 Å². The third kappa shape index (κ3) is 3.41. The lowest BCUT2D eigenvalue weighted by Gasteiger charge is -2.08. The molecule has 3 aromatic heterocycles. The normalized spacial score (nSPS) is 11.2. The molecule has 0 atom stereocenters. The molecule has 0 spiro atoms. The Morgan fingerprint density at radius 1 is 1.03 bits per heavy atom. The summed E-state index contributed by atoms with van der Waals surface area (Å²) in [4.78, 5) is 16.2. The molecule has 0 aliphatic rings. The SMILES string of the molecule is O=[N+]([O-])c1ccc2nc(Sc3nnc(-c4cccs4)n3-c3ccccc3)sc2c1. The predicted octanol–water partition coefficient (Wildman–Crippen LogP) is 5.66. The van der Waals surface area contributed by atoms with Crippen LogP contribution in [-0.2, 0) is 0 Å². The Morgan fingerprint density at radius 2 is 1.90 bits per heavy atom. The maximum absolute atomic E-state index is 11.0. The lowest BCUT2D eigenvalue weighted by atomic mass is 10.3. The number of nitrogens with zero attached hydrogens (tertiary/aromatic N) is 5. The second-order valence-electron chi connectivity index (χ2n) is 5.95. The van der Waals surface area contributed by atoms with Crippen molar-refractivity contribution < 1.29 is 4.92 Å². The van der Waals surface area contributed by atoms with Gasteiger partial charge < -0.3 is 0 Å². The molecule has 0 saturated carbocycles. The topological polar surface area (TPSA) is 86.7 Å². The van der Waals surface area contributed by atoms with Gasteiger partial charge in [-0.25, -0.2) is 4.98 Å². The first-order chi connectivity index (χ1) is 14.2. The Kier molecular flexibility index (Phi) is 4.58. The smallest absolute Gasteiger partial charge is 0.269 e. The molecule has 0 bridgehead atoms. The number of fused-ring (bicyclic) bond motifs is 1. The highest BCUT2D eigenvalue weighted by atomic mass is 32.2. The van der Waals surface area contributed by atoms with Crippen LogP contribution in [0.5, 0.6) is 0 Å². The first-order valence-electron chi connectivity index (χ1n) is 8.46. The number of thiazole rings is 1. The minimum atomic E-state index is -0.398. The number of aromatic nitrogens is 4. The number of hydrogen-bond acceptors (Lipinski definition) is 8. The van der Waals surface area contributed by atoms with Gasteiger partial charge in [0.2, 0.25) is 5.16 Å². The number of non-ortho nitro benzene ring substituents is 1. The van der Waals surface area contributed by atoms with Crippen molar-refractivity contribution in [3.8, 4) is 16.4 Å². The molecule has 0 N–H and O–H groups in total. The molecular weight excluding hydrogens is 426 g/mol. The summed E-state index contributed by atoms with van der Waals surface area (Å²) in [6, 6.07) is 18.6. The van der Waals surface area contributed by atoms with Crippen LogP contribution in [0.1, 0.15) is 0 Å². The number of nitro benzene ring substituents is 1. The van der Waals surface area contributed by atoms with Crippen molar-refractivity contribution in [1.29, 1.82) is 0 Å². The molecule has 29 heavy (non-hydrogen) atoms. The standard InChI is InChI=1S/C19H11N5O2S3/c25-24(26)13-8-9-14-16(11-13)28-19(20-14)29-18-22-21-17(15-7-4-10-27-15)23(18)12-5-2-1-3-6-12/h1-11H. The molecule has 142 valence electrons. The molecule has 5 aromatic rings. The number of hydrogen-bond donors (Lipinski definition) is 0. The fourth-order valence-electron chi connectivity index (χ4n) is 2.84. The molecule has 0 radical (unpaired) electrons. The number of para-hydroxylation sites is 1. The van der Waals surface area contributed by atoms with Gasteiger partial charge in [-0.05, 0) is 41.4 Å². The molecule has 0 amide bonds. The Morgan fingerprint density at radius 3 is 2.66 bits per heavy atom. The minimum absolute atomic E-state index is 0.0603. The Labute approximate surface area is 176 Å². The molecule has 0 aliphatic heterocycles. The summed E-state index contributed by atoms with van der Waals surface area (Å²) in [7, 11) is 0. The zero-order valence-corrected chi connectivity index (χ0v) is 17.1. The van der Waals surface area contributed by atoms with Gasteiger partial charge in [-0.2, -0.15) is 0 Å². The highest BCUT2D eigenvalue weighted by Gasteiger charge is 2.19. The van der Waals surface area contributed by atoms with E-state index in [4.69, 9.17) is 0 Å². The van der Waals surface area contributed by atoms with Crippen LogP contribution in [0.25, 0.3) is 26.6 Å². The summed E-state index contributed by atoms with van der Waals surface area (Å²) in [6.45, 7) is 0. The van der Waals surface area contributed by atoms with Crippen LogP contribution in [-0.4, -0.2) is 24.7 Å². The fourth-order valence-corrected chi connectivity index (χ4v) is 5.59. The summed E-state index contributed by atoms with van der Waals surface area (Å²) < 4.78 is 3.53. The van der Waals surface area contributed by atoms with E-state index in [1.165, 1.54) is 29.2 Å². The summed E-state index contributed by atoms with van der Waals surface area (Å²) in [5, 5.41) is 22.5. The quantitative estimate of drug-likeness (QED) is 0.260. The highest BCUT2D eigenvalue weighted by molar-refractivity contribution is 8.01. The third-order valence-electron chi connectivity index (χ3n) is 4.13. The predicted molar refractivity (Wildman–Crippen MR) is 115 cm³/mol. The molecule has 3 heterocycles. The van der Waals surface area contributed by atoms with Crippen LogP contribution in [0.15, 0.2) is 75.5 Å². The summed E-state index contributed by atoms with van der Waals surface area (Å²) in [5.74, 6) is 0.769. The molecule has 0 unspecified atom stereocenters. The van der Waals surface area contributed by atoms with Gasteiger partial charge in [0, 0.05) is 17.8 Å². The molecule has 2 aromatic carbocycles. The van der Waals surface area contributed by atoms with E-state index in [2.05, 4.69) is 15.2 Å². The second-order valence-corrected chi connectivity index (χ2v) is 9.14. The molecule has 5 rings (SSSR count). The lowest BCUT2D eigenvalue weighted by molar-refractivity contribution is -0.384. The van der Waals surface area contributed by atoms with Crippen molar-refractivity contribution in [2.24, 2.45) is 0 Å². The number of benzene rings is 2. The zero-order chi connectivity index (χ0) is 19.8. The van der Waals surface area contributed by atoms with Crippen molar-refractivity contribution in [1.82, 2.24) is 19.7 Å². The van der Waals surface area contributed by atoms with Crippen molar-refractivity contribution in [2.75, 3.05) is 0 Å². The van der Waals surface area contributed by atoms with Gasteiger partial charge >= 0.3 is 0 Å². The second kappa shape index (κ2) is 7.39. The Hall–Kier alpha value is -3.08. The average Bonchev–Trinajstić information content (AvgIpc) is 3.47. The van der Waals surface area contributed by atoms with E-state index in [1.807, 2.05) is 52.4 Å². The third-order valence-corrected chi connectivity index (χ3v) is 7.02. The highest BCUT2D eigenvalue weighted by Crippen LogP contribution is 2.37. The maximum atomic E-state index is 11.0. The van der Waals surface area contributed by atoms with Gasteiger partial charge in [0.15, 0.2) is 10.2 Å². The summed E-state index contributed by atoms with van der Waals surface area (Å²) >= 11 is 4.41. The van der Waals surface area contributed by atoms with Crippen LogP contribution in [0.4, 0.5) is 5.69 Å². The number of nitro groups is 1. The van der Waals surface area contributed by atoms with Gasteiger partial charge in [-0.3, -0.25) is 14.7 Å². The van der Waals surface area contributed by atoms with Crippen molar-refractivity contribution in [3.63, 3.8) is 0 Å². The van der Waals surface area contributed by atoms with Crippen molar-refractivity contribution in [3.05, 3.63) is 76.2 Å². The van der Waals surface area contributed by atoms with E-state index in [9.17, 15) is 10.1 Å². The van der Waals surface area contributed by atoms with Gasteiger partial charge in [0.05, 0.1) is 20.0 Å². The molecule has 0 saturated heterocycles. The Balaban J connectivity index is 1.58. The van der Waals surface area contributed by atoms with E-state index in [1.54, 1.807) is 23.5 Å². The average molecular weight is 438 g/mol. The fraction of sp³-hybridized carbons (Fsp3) is 0. The van der Waals surface area contributed by atoms with Crippen LogP contribution in [0.2, 0.25) is 0 Å². The molecular formula is C19H11N5O2S3. The molecule has 0 aliphatic carbocycles. The van der Waals surface area contributed by atoms with E-state index in [0.717, 1.165) is 30.9 Å². The van der Waals surface area contributed by atoms with Crippen molar-refractivity contribution in [2.45, 2.75) is 9.50 Å². The molecule has 0 fully saturated rings. The monoisotopic (exact) mass is 437 g/mol. The first-order valence-corrected chi connectivity index (χ1v) is 11.0. The minimum Gasteiger partial charge on any atom is -0.269 e. The summed E-state index contributed by atoms with van der Waals surface area (Å²) in [5.41, 5.74) is 1.75. The van der Waals surface area contributed by atoms with Gasteiger partial charge in [-0.15, -0.1) is 32.9 Å². The van der Waals surface area contributed by atoms with Gasteiger partial charge in [0.25, 0.3) is 5.69 Å². The molecule has 10 heteroatoms. The van der Waals surface area contributed by atoms with Crippen molar-refractivity contribution >= 4 is 50.3 Å². The van der Waals surface area contributed by atoms with E-state index in [-0.39, 0.29) is 5.69 Å². The van der Waals surface area contributed by atoms with Gasteiger partial charge in [-0.1, -0.05) is 24.3 Å². The van der Waals surface area contributed by atoms with Gasteiger partial charge in [0.1, 0.15) is 0 Å². The van der Waals surface area contributed by atoms with E-state index in [0.29, 0.717) is 5.16 Å². The van der Waals surface area contributed by atoms with E-state index < -0.39 is 4.92 Å². The van der Waals surface area contributed by atoms with Crippen LogP contribution < -0.4 is 0 Å². The van der Waals surface area contributed by atoms with Crippen LogP contribution in [0.3, 0.4) is 0 Å². The van der Waals surface area contributed by atoms with Crippen LogP contribution >= 0.6 is 34.4 Å². The number of thiophene rings is 1. The molecule has 7 nitrogen and oxygen atoms in total.